The van der Waals surface area contributed by atoms with Gasteiger partial charge in [-0.25, -0.2) is 9.13 Å². The van der Waals surface area contributed by atoms with Crippen LogP contribution in [0.3, 0.4) is 0 Å². The lowest BCUT2D eigenvalue weighted by atomic mass is 10.1. The average molecular weight is 1500 g/mol. The summed E-state index contributed by atoms with van der Waals surface area (Å²) in [4.78, 5) is 73.0. The second-order valence-electron chi connectivity index (χ2n) is 26.2. The number of phosphoric ester groups is 2. The SMILES string of the molecule is CC/C=C\C/C=C\C/C=C\C/C=C\C/C=C\C/C=C\CCC(=O)OCC(COP(=O)(O)OCC(O)COP(=O)(O)OCC(COC(=O)CCCC/C=C\C/C=C\C/C=C\C/C=C\CC)OC(=O)CCCCCCC/C=C\CCCCCCCC)OC(=O)CCCCCCC/C=C\CCCCCCCC. The van der Waals surface area contributed by atoms with Gasteiger partial charge in [-0.15, -0.1) is 0 Å². The van der Waals surface area contributed by atoms with Crippen LogP contribution in [0.15, 0.2) is 146 Å². The van der Waals surface area contributed by atoms with E-state index in [1.807, 2.05) is 18.2 Å². The smallest absolute Gasteiger partial charge is 0.462 e. The number of phosphoric acid groups is 2. The molecule has 0 aromatic rings. The van der Waals surface area contributed by atoms with Gasteiger partial charge in [0.15, 0.2) is 12.2 Å². The molecule has 0 bridgehead atoms. The van der Waals surface area contributed by atoms with Crippen LogP contribution in [0.1, 0.15) is 310 Å². The van der Waals surface area contributed by atoms with Crippen molar-refractivity contribution in [2.45, 2.75) is 329 Å². The molecule has 0 aliphatic rings. The van der Waals surface area contributed by atoms with Crippen LogP contribution in [0.4, 0.5) is 0 Å². The van der Waals surface area contributed by atoms with Crippen LogP contribution >= 0.6 is 15.6 Å². The fourth-order valence-electron chi connectivity index (χ4n) is 10.2. The highest BCUT2D eigenvalue weighted by molar-refractivity contribution is 7.47. The van der Waals surface area contributed by atoms with Gasteiger partial charge >= 0.3 is 39.5 Å². The minimum Gasteiger partial charge on any atom is -0.462 e. The molecule has 0 aromatic carbocycles. The van der Waals surface area contributed by atoms with E-state index in [0.29, 0.717) is 32.1 Å². The Morgan fingerprint density at radius 3 is 0.856 bits per heavy atom. The maximum Gasteiger partial charge on any atom is 0.472 e. The molecule has 5 atom stereocenters. The number of rotatable bonds is 74. The first kappa shape index (κ1) is 98.9. The fraction of sp³-hybridized carbons (Fsp3) is 0.671. The van der Waals surface area contributed by atoms with Gasteiger partial charge in [0.2, 0.25) is 0 Å². The van der Waals surface area contributed by atoms with Gasteiger partial charge in [0.1, 0.15) is 19.3 Å². The van der Waals surface area contributed by atoms with Gasteiger partial charge in [-0.3, -0.25) is 37.3 Å². The predicted octanol–water partition coefficient (Wildman–Crippen LogP) is 23.4. The Morgan fingerprint density at radius 1 is 0.279 bits per heavy atom. The molecule has 0 saturated carbocycles. The summed E-state index contributed by atoms with van der Waals surface area (Å²) >= 11 is 0. The minimum absolute atomic E-state index is 0.0304. The number of carbonyl (C=O) groups is 4. The predicted molar refractivity (Wildman–Crippen MR) is 427 cm³/mol. The highest BCUT2D eigenvalue weighted by atomic mass is 31.2. The standard InChI is InChI=1S/C85H142O17P2/c1-5-9-13-17-21-25-29-33-37-38-39-40-44-46-50-54-58-62-66-70-83(88)96-76-81(102-85(90)72-68-64-60-56-52-48-43-36-32-28-24-20-16-12-8-4)78-100-104(93,94)98-74-79(86)73-97-103(91,92)99-77-80(101-84(89)71-67-63-59-55-51-47-42-35-31-27-23-19-15-11-7-3)75-95-82(87)69-65-61-57-53-49-45-41-34-30-26-22-18-14-10-6-2/h9-10,13-14,21-22,25-26,33-37,39-43,46,49-50,53,58,62,79-81,86H,5-8,11-12,15-20,23-24,27-32,38,44-45,47-48,51-52,54-57,59-61,63-78H2,1-4H3,(H,91,92)(H,93,94)/b13-9-,14-10-,25-21-,26-22-,37-33-,40-39-,41-34-,42-35-,43-36-,50-46-,53-49-,62-58-. The molecule has 0 amide bonds. The van der Waals surface area contributed by atoms with Crippen LogP contribution in [0, 0.1) is 0 Å². The van der Waals surface area contributed by atoms with Crippen LogP contribution in [0.25, 0.3) is 0 Å². The van der Waals surface area contributed by atoms with E-state index in [4.69, 9.17) is 37.0 Å². The van der Waals surface area contributed by atoms with E-state index in [0.717, 1.165) is 148 Å². The Kier molecular flexibility index (Phi) is 72.4. The molecule has 5 unspecified atom stereocenters. The first-order valence-electron chi connectivity index (χ1n) is 40.1. The van der Waals surface area contributed by atoms with Gasteiger partial charge in [-0.2, -0.15) is 0 Å². The Morgan fingerprint density at radius 2 is 0.519 bits per heavy atom. The average Bonchev–Trinajstić information content (AvgIpc) is 0.918. The third kappa shape index (κ3) is 75.2. The van der Waals surface area contributed by atoms with Crippen molar-refractivity contribution in [3.63, 3.8) is 0 Å². The normalized spacial score (nSPS) is 14.6. The molecule has 17 nitrogen and oxygen atoms in total. The zero-order valence-corrected chi connectivity index (χ0v) is 66.7. The van der Waals surface area contributed by atoms with E-state index in [1.54, 1.807) is 0 Å². The highest BCUT2D eigenvalue weighted by Crippen LogP contribution is 2.45. The largest absolute Gasteiger partial charge is 0.472 e. The molecule has 104 heavy (non-hydrogen) atoms. The number of hydrogen-bond acceptors (Lipinski definition) is 15. The first-order valence-corrected chi connectivity index (χ1v) is 43.1. The summed E-state index contributed by atoms with van der Waals surface area (Å²) in [6, 6.07) is 0. The van der Waals surface area contributed by atoms with Crippen molar-refractivity contribution >= 4 is 39.5 Å². The zero-order chi connectivity index (χ0) is 76.0. The number of hydrogen-bond donors (Lipinski definition) is 3. The second-order valence-corrected chi connectivity index (χ2v) is 29.1. The minimum atomic E-state index is -5.00. The molecule has 0 saturated heterocycles. The van der Waals surface area contributed by atoms with Crippen LogP contribution < -0.4 is 0 Å². The third-order valence-corrected chi connectivity index (χ3v) is 18.2. The Bertz CT molecular complexity index is 2540. The summed E-state index contributed by atoms with van der Waals surface area (Å²) in [7, 11) is -10.00. The second kappa shape index (κ2) is 76.1. The van der Waals surface area contributed by atoms with Crippen molar-refractivity contribution in [1.82, 2.24) is 0 Å². The lowest BCUT2D eigenvalue weighted by Crippen LogP contribution is -2.30. The van der Waals surface area contributed by atoms with Crippen LogP contribution in [-0.4, -0.2) is 96.7 Å². The van der Waals surface area contributed by atoms with Crippen LogP contribution in [0.2, 0.25) is 0 Å². The van der Waals surface area contributed by atoms with Gasteiger partial charge in [0, 0.05) is 25.7 Å². The molecule has 0 fully saturated rings. The maximum atomic E-state index is 13.1. The molecule has 0 aliphatic carbocycles. The number of aliphatic hydroxyl groups is 1. The first-order chi connectivity index (χ1) is 50.7. The molecule has 19 heteroatoms. The van der Waals surface area contributed by atoms with Gasteiger partial charge in [-0.1, -0.05) is 276 Å². The summed E-state index contributed by atoms with van der Waals surface area (Å²) in [5, 5.41) is 10.6. The van der Waals surface area contributed by atoms with E-state index in [1.165, 1.54) is 77.0 Å². The van der Waals surface area contributed by atoms with Crippen molar-refractivity contribution in [2.24, 2.45) is 0 Å². The monoisotopic (exact) mass is 1500 g/mol. The number of ether oxygens (including phenoxy) is 4. The van der Waals surface area contributed by atoms with Crippen molar-refractivity contribution in [2.75, 3.05) is 39.6 Å². The van der Waals surface area contributed by atoms with Gasteiger partial charge in [0.25, 0.3) is 0 Å². The summed E-state index contributed by atoms with van der Waals surface area (Å²) in [5.74, 6) is -2.34. The van der Waals surface area contributed by atoms with Gasteiger partial charge in [-0.05, 0) is 154 Å². The Balaban J connectivity index is 5.47. The lowest BCUT2D eigenvalue weighted by Gasteiger charge is -2.21. The molecular weight excluding hydrogens is 1350 g/mol. The summed E-state index contributed by atoms with van der Waals surface area (Å²) in [6.45, 7) is 4.49. The third-order valence-electron chi connectivity index (χ3n) is 16.3. The molecule has 0 heterocycles. The number of allylic oxidation sites excluding steroid dienone is 24. The van der Waals surface area contributed by atoms with Crippen LogP contribution in [0.5, 0.6) is 0 Å². The van der Waals surface area contributed by atoms with E-state index < -0.39 is 97.5 Å². The molecule has 594 valence electrons. The molecule has 3 N–H and O–H groups in total. The number of unbranched alkanes of at least 4 members (excludes halogenated alkanes) is 24. The fourth-order valence-corrected chi connectivity index (χ4v) is 11.8. The molecule has 0 spiro atoms. The maximum absolute atomic E-state index is 13.1. The van der Waals surface area contributed by atoms with Crippen molar-refractivity contribution in [3.05, 3.63) is 146 Å². The topological polar surface area (TPSA) is 237 Å². The summed E-state index contributed by atoms with van der Waals surface area (Å²) < 4.78 is 68.5. The summed E-state index contributed by atoms with van der Waals surface area (Å²) in [5.41, 5.74) is 0. The van der Waals surface area contributed by atoms with Crippen molar-refractivity contribution in [1.29, 1.82) is 0 Å². The van der Waals surface area contributed by atoms with E-state index in [9.17, 15) is 43.2 Å². The van der Waals surface area contributed by atoms with E-state index in [2.05, 4.69) is 155 Å². The molecular formula is C85H142O17P2. The van der Waals surface area contributed by atoms with Crippen molar-refractivity contribution in [3.8, 4) is 0 Å². The van der Waals surface area contributed by atoms with E-state index >= 15 is 0 Å². The van der Waals surface area contributed by atoms with Crippen LogP contribution in [-0.2, 0) is 65.4 Å². The molecule has 0 radical (unpaired) electrons. The highest BCUT2D eigenvalue weighted by Gasteiger charge is 2.30. The summed E-state index contributed by atoms with van der Waals surface area (Å²) in [6.07, 6.45) is 87.0. The Labute approximate surface area is 630 Å². The molecule has 0 aromatic heterocycles. The van der Waals surface area contributed by atoms with Crippen molar-refractivity contribution < 1.29 is 80.2 Å². The molecule has 0 rings (SSSR count). The number of aliphatic hydroxyl groups excluding tert-OH is 1. The Hall–Kier alpha value is -5.06. The van der Waals surface area contributed by atoms with Gasteiger partial charge in [0.05, 0.1) is 26.4 Å². The van der Waals surface area contributed by atoms with E-state index in [-0.39, 0.29) is 25.7 Å². The number of esters is 4. The quantitative estimate of drug-likeness (QED) is 0.0169. The lowest BCUT2D eigenvalue weighted by molar-refractivity contribution is -0.161. The number of carbonyl (C=O) groups excluding carboxylic acids is 4. The molecule has 0 aliphatic heterocycles. The van der Waals surface area contributed by atoms with Gasteiger partial charge < -0.3 is 33.8 Å². The zero-order valence-electron chi connectivity index (χ0n) is 64.9.